The number of fused-ring (bicyclic) bond motifs is 1. The predicted octanol–water partition coefficient (Wildman–Crippen LogP) is 2.09. The molecule has 34 heavy (non-hydrogen) atoms. The van der Waals surface area contributed by atoms with E-state index in [-0.39, 0.29) is 30.1 Å². The third-order valence-corrected chi connectivity index (χ3v) is 5.89. The summed E-state index contributed by atoms with van der Waals surface area (Å²) >= 11 is 0. The number of aliphatic hydroxyl groups is 3. The minimum absolute atomic E-state index is 0.0181. The Morgan fingerprint density at radius 1 is 1.00 bits per heavy atom. The van der Waals surface area contributed by atoms with E-state index in [9.17, 15) is 20.1 Å². The van der Waals surface area contributed by atoms with Gasteiger partial charge in [0.05, 0.1) is 20.0 Å². The third kappa shape index (κ3) is 4.94. The third-order valence-electron chi connectivity index (χ3n) is 5.89. The summed E-state index contributed by atoms with van der Waals surface area (Å²) in [5, 5.41) is 31.7. The first-order valence-corrected chi connectivity index (χ1v) is 10.9. The smallest absolute Gasteiger partial charge is 0.229 e. The number of ether oxygens (including phenoxy) is 4. The maximum Gasteiger partial charge on any atom is 0.229 e. The zero-order valence-corrected chi connectivity index (χ0v) is 18.9. The molecule has 9 nitrogen and oxygen atoms in total. The fourth-order valence-electron chi connectivity index (χ4n) is 4.05. The van der Waals surface area contributed by atoms with E-state index in [1.165, 1.54) is 14.2 Å². The second kappa shape index (κ2) is 10.5. The number of ketones is 1. The summed E-state index contributed by atoms with van der Waals surface area (Å²) < 4.78 is 27.2. The van der Waals surface area contributed by atoms with Crippen molar-refractivity contribution in [2.75, 3.05) is 20.8 Å². The number of hydrogen-bond acceptors (Lipinski definition) is 9. The highest BCUT2D eigenvalue weighted by Crippen LogP contribution is 2.33. The van der Waals surface area contributed by atoms with Crippen molar-refractivity contribution in [3.63, 3.8) is 0 Å². The van der Waals surface area contributed by atoms with Crippen molar-refractivity contribution in [3.8, 4) is 11.5 Å². The van der Waals surface area contributed by atoms with Crippen LogP contribution in [0.4, 0.5) is 0 Å². The molecule has 3 N–H and O–H groups in total. The summed E-state index contributed by atoms with van der Waals surface area (Å²) in [4.78, 5) is 13.2. The van der Waals surface area contributed by atoms with Gasteiger partial charge in [0.1, 0.15) is 47.1 Å². The molecule has 2 heterocycles. The van der Waals surface area contributed by atoms with E-state index in [0.717, 1.165) is 16.5 Å². The van der Waals surface area contributed by atoms with Crippen LogP contribution in [0.5, 0.6) is 11.5 Å². The zero-order valence-electron chi connectivity index (χ0n) is 18.9. The maximum atomic E-state index is 13.2. The number of carbonyl (C=O) groups excluding carboxylic acids is 1. The average Bonchev–Trinajstić information content (AvgIpc) is 3.32. The molecular formula is C25H28O9. The van der Waals surface area contributed by atoms with Gasteiger partial charge in [0.2, 0.25) is 6.29 Å². The van der Waals surface area contributed by atoms with Crippen LogP contribution in [0.25, 0.3) is 11.0 Å². The Balaban J connectivity index is 1.54. The van der Waals surface area contributed by atoms with Crippen molar-refractivity contribution in [1.29, 1.82) is 0 Å². The number of carbonyl (C=O) groups is 1. The Morgan fingerprint density at radius 2 is 1.79 bits per heavy atom. The Labute approximate surface area is 196 Å². The molecule has 5 atom stereocenters. The number of benzene rings is 2. The molecule has 4 rings (SSSR count). The monoisotopic (exact) mass is 472 g/mol. The van der Waals surface area contributed by atoms with Crippen molar-refractivity contribution < 1.29 is 43.5 Å². The minimum Gasteiger partial charge on any atom is -0.496 e. The van der Waals surface area contributed by atoms with Gasteiger partial charge in [-0.3, -0.25) is 4.79 Å². The summed E-state index contributed by atoms with van der Waals surface area (Å²) in [7, 11) is 2.87. The summed E-state index contributed by atoms with van der Waals surface area (Å²) in [5.74, 6) is 0.226. The fraction of sp³-hybridized carbons (Fsp3) is 0.400. The van der Waals surface area contributed by atoms with Crippen LogP contribution in [0.1, 0.15) is 22.3 Å². The normalized spacial score (nSPS) is 24.8. The molecule has 4 unspecified atom stereocenters. The highest BCUT2D eigenvalue weighted by atomic mass is 16.7. The molecule has 0 bridgehead atoms. The fourth-order valence-corrected chi connectivity index (χ4v) is 4.05. The lowest BCUT2D eigenvalue weighted by Crippen LogP contribution is -2.60. The standard InChI is InChI=1S/C25H28O9/c1-30-13-20-22(27)23(28)24(29)25(34-20)33-19-5-3-4-18(31-2)21(19)16(26)8-6-14-7-9-17-15(12-14)10-11-32-17/h3-5,7,9-12,20,22-25,27-29H,6,8,13H2,1-2H3/t20-,22?,23?,24?,25?/m1/s1. The van der Waals surface area contributed by atoms with E-state index in [0.29, 0.717) is 12.2 Å². The molecule has 3 aromatic rings. The first-order valence-electron chi connectivity index (χ1n) is 10.9. The van der Waals surface area contributed by atoms with E-state index in [1.54, 1.807) is 24.5 Å². The number of aliphatic hydroxyl groups excluding tert-OH is 3. The second-order valence-electron chi connectivity index (χ2n) is 8.14. The first kappa shape index (κ1) is 24.2. The lowest BCUT2D eigenvalue weighted by atomic mass is 9.98. The lowest BCUT2D eigenvalue weighted by Gasteiger charge is -2.40. The van der Waals surface area contributed by atoms with Crippen LogP contribution in [-0.2, 0) is 15.9 Å². The quantitative estimate of drug-likeness (QED) is 0.401. The first-order chi connectivity index (χ1) is 16.4. The van der Waals surface area contributed by atoms with Crippen LogP contribution in [0.3, 0.4) is 0 Å². The molecule has 2 aromatic carbocycles. The average molecular weight is 472 g/mol. The van der Waals surface area contributed by atoms with E-state index in [4.69, 9.17) is 23.4 Å². The summed E-state index contributed by atoms with van der Waals surface area (Å²) in [5.41, 5.74) is 1.96. The van der Waals surface area contributed by atoms with Crippen LogP contribution >= 0.6 is 0 Å². The van der Waals surface area contributed by atoms with Crippen LogP contribution in [0.15, 0.2) is 53.1 Å². The Morgan fingerprint density at radius 3 is 2.56 bits per heavy atom. The van der Waals surface area contributed by atoms with Crippen molar-refractivity contribution in [3.05, 3.63) is 59.9 Å². The minimum atomic E-state index is -1.54. The SMILES string of the molecule is COC[C@H]1OC(Oc2cccc(OC)c2C(=O)CCc2ccc3occc3c2)C(O)C(O)C1O. The van der Waals surface area contributed by atoms with Gasteiger partial charge in [-0.25, -0.2) is 0 Å². The van der Waals surface area contributed by atoms with Gasteiger partial charge >= 0.3 is 0 Å². The molecule has 1 aliphatic heterocycles. The molecule has 0 saturated carbocycles. The summed E-state index contributed by atoms with van der Waals surface area (Å²) in [6.45, 7) is -0.0181. The number of Topliss-reactive ketones (excluding diaryl/α,β-unsaturated/α-hetero) is 1. The molecule has 0 spiro atoms. The van der Waals surface area contributed by atoms with Crippen molar-refractivity contribution in [1.82, 2.24) is 0 Å². The summed E-state index contributed by atoms with van der Waals surface area (Å²) in [6.07, 6.45) is -4.37. The highest BCUT2D eigenvalue weighted by Gasteiger charge is 2.45. The predicted molar refractivity (Wildman–Crippen MR) is 121 cm³/mol. The Bertz CT molecular complexity index is 1120. The lowest BCUT2D eigenvalue weighted by molar-refractivity contribution is -0.278. The second-order valence-corrected chi connectivity index (χ2v) is 8.14. The maximum absolute atomic E-state index is 13.2. The topological polar surface area (TPSA) is 128 Å². The number of rotatable bonds is 9. The zero-order chi connectivity index (χ0) is 24.2. The van der Waals surface area contributed by atoms with Crippen molar-refractivity contribution in [2.24, 2.45) is 0 Å². The van der Waals surface area contributed by atoms with Crippen LogP contribution in [0, 0.1) is 0 Å². The van der Waals surface area contributed by atoms with Gasteiger partial charge in [0.25, 0.3) is 0 Å². The molecule has 0 aliphatic carbocycles. The molecule has 1 aromatic heterocycles. The van der Waals surface area contributed by atoms with Crippen molar-refractivity contribution >= 4 is 16.8 Å². The van der Waals surface area contributed by atoms with E-state index < -0.39 is 30.7 Å². The van der Waals surface area contributed by atoms with Gasteiger partial charge in [-0.2, -0.15) is 0 Å². The van der Waals surface area contributed by atoms with Crippen LogP contribution in [-0.4, -0.2) is 72.6 Å². The molecule has 1 saturated heterocycles. The van der Waals surface area contributed by atoms with Gasteiger partial charge in [-0.05, 0) is 42.3 Å². The van der Waals surface area contributed by atoms with Crippen LogP contribution in [0.2, 0.25) is 0 Å². The summed E-state index contributed by atoms with van der Waals surface area (Å²) in [6, 6.07) is 12.5. The molecule has 1 fully saturated rings. The van der Waals surface area contributed by atoms with Gasteiger partial charge < -0.3 is 38.7 Å². The van der Waals surface area contributed by atoms with E-state index >= 15 is 0 Å². The molecule has 0 amide bonds. The van der Waals surface area contributed by atoms with Crippen LogP contribution < -0.4 is 9.47 Å². The molecular weight excluding hydrogens is 444 g/mol. The van der Waals surface area contributed by atoms with E-state index in [2.05, 4.69) is 0 Å². The number of furan rings is 1. The Hall–Kier alpha value is -2.95. The number of methoxy groups -OCH3 is 2. The van der Waals surface area contributed by atoms with Gasteiger partial charge in [0.15, 0.2) is 5.78 Å². The highest BCUT2D eigenvalue weighted by molar-refractivity contribution is 6.01. The van der Waals surface area contributed by atoms with Crippen molar-refractivity contribution in [2.45, 2.75) is 43.5 Å². The Kier molecular flexibility index (Phi) is 7.50. The van der Waals surface area contributed by atoms with Gasteiger partial charge in [-0.15, -0.1) is 0 Å². The number of hydrogen-bond donors (Lipinski definition) is 3. The largest absolute Gasteiger partial charge is 0.496 e. The van der Waals surface area contributed by atoms with Gasteiger partial charge in [0, 0.05) is 18.9 Å². The van der Waals surface area contributed by atoms with Gasteiger partial charge in [-0.1, -0.05) is 12.1 Å². The molecule has 9 heteroatoms. The molecule has 0 radical (unpaired) electrons. The number of aryl methyl sites for hydroxylation is 1. The van der Waals surface area contributed by atoms with E-state index in [1.807, 2.05) is 24.3 Å². The molecule has 182 valence electrons. The molecule has 1 aliphatic rings.